The van der Waals surface area contributed by atoms with Crippen molar-refractivity contribution in [2.45, 2.75) is 58.2 Å². The van der Waals surface area contributed by atoms with Crippen LogP contribution in [-0.2, 0) is 0 Å². The lowest BCUT2D eigenvalue weighted by atomic mass is 10.1. The van der Waals surface area contributed by atoms with E-state index < -0.39 is 8.24 Å². The van der Waals surface area contributed by atoms with Gasteiger partial charge >= 0.3 is 0 Å². The van der Waals surface area contributed by atoms with E-state index in [1.54, 1.807) is 11.3 Å². The van der Waals surface area contributed by atoms with E-state index in [1.807, 2.05) is 0 Å². The molecule has 25 heavy (non-hydrogen) atoms. The van der Waals surface area contributed by atoms with Crippen molar-refractivity contribution in [3.05, 3.63) is 45.7 Å². The molecule has 0 bridgehead atoms. The Morgan fingerprint density at radius 2 is 1.48 bits per heavy atom. The van der Waals surface area contributed by atoms with Gasteiger partial charge in [-0.25, -0.2) is 0 Å². The van der Waals surface area contributed by atoms with E-state index in [4.69, 9.17) is 0 Å². The highest BCUT2D eigenvalue weighted by Gasteiger charge is 2.46. The fraction of sp³-hybridized carbons (Fsp3) is 0.429. The minimum absolute atomic E-state index is 0.682. The van der Waals surface area contributed by atoms with E-state index in [0.717, 1.165) is 0 Å². The molecule has 1 aromatic carbocycles. The number of hydrogen-bond acceptors (Lipinski definition) is 1. The van der Waals surface area contributed by atoms with Gasteiger partial charge in [-0.2, -0.15) is 11.3 Å². The topological polar surface area (TPSA) is 4.93 Å². The van der Waals surface area contributed by atoms with Gasteiger partial charge in [-0.1, -0.05) is 59.7 Å². The van der Waals surface area contributed by atoms with Crippen LogP contribution in [0.2, 0.25) is 16.6 Å². The number of aromatic nitrogens is 1. The minimum atomic E-state index is -1.77. The second-order valence-corrected chi connectivity index (χ2v) is 15.2. The van der Waals surface area contributed by atoms with E-state index >= 15 is 0 Å². The third-order valence-corrected chi connectivity index (χ3v) is 14.3. The summed E-state index contributed by atoms with van der Waals surface area (Å²) in [5.74, 6) is 0. The van der Waals surface area contributed by atoms with Crippen molar-refractivity contribution < 1.29 is 0 Å². The molecule has 0 spiro atoms. The zero-order valence-corrected chi connectivity index (χ0v) is 19.4. The highest BCUT2D eigenvalue weighted by Crippen LogP contribution is 2.46. The van der Waals surface area contributed by atoms with Gasteiger partial charge in [-0.05, 0) is 44.0 Å². The van der Waals surface area contributed by atoms with Gasteiger partial charge in [-0.3, -0.25) is 0 Å². The van der Waals surface area contributed by atoms with E-state index in [2.05, 4.69) is 103 Å². The Labute approximate surface area is 165 Å². The standard InChI is InChI=1S/C21H28BrNSSi/c1-14(2)25(15(3)4,16(5)6)23-11-18(19-12-24-13-20(19)22)17-9-7-8-10-21(17)23/h7-16H,1-6H3. The van der Waals surface area contributed by atoms with Gasteiger partial charge in [-0.15, -0.1) is 0 Å². The summed E-state index contributed by atoms with van der Waals surface area (Å²) < 4.78 is 3.92. The fourth-order valence-electron chi connectivity index (χ4n) is 5.02. The Morgan fingerprint density at radius 3 is 2.00 bits per heavy atom. The smallest absolute Gasteiger partial charge is 0.169 e. The molecule has 3 rings (SSSR count). The highest BCUT2D eigenvalue weighted by molar-refractivity contribution is 9.10. The minimum Gasteiger partial charge on any atom is -0.373 e. The molecular formula is C21H28BrNSSi. The summed E-state index contributed by atoms with van der Waals surface area (Å²) in [6.07, 6.45) is 2.46. The second-order valence-electron chi connectivity index (χ2n) is 7.91. The van der Waals surface area contributed by atoms with Gasteiger partial charge < -0.3 is 4.23 Å². The number of halogens is 1. The molecule has 0 N–H and O–H groups in total. The molecule has 0 aliphatic rings. The average Bonchev–Trinajstić information content (AvgIpc) is 3.11. The van der Waals surface area contributed by atoms with Gasteiger partial charge in [0.15, 0.2) is 8.24 Å². The Balaban J connectivity index is 2.39. The molecule has 0 aliphatic carbocycles. The van der Waals surface area contributed by atoms with Crippen LogP contribution in [0.15, 0.2) is 45.7 Å². The van der Waals surface area contributed by atoms with Crippen molar-refractivity contribution in [1.82, 2.24) is 4.23 Å². The highest BCUT2D eigenvalue weighted by atomic mass is 79.9. The zero-order chi connectivity index (χ0) is 18.4. The number of fused-ring (bicyclic) bond motifs is 1. The molecule has 0 saturated heterocycles. The number of benzene rings is 1. The van der Waals surface area contributed by atoms with Crippen molar-refractivity contribution in [2.24, 2.45) is 0 Å². The molecule has 0 aliphatic heterocycles. The first-order chi connectivity index (χ1) is 11.8. The normalized spacial score (nSPS) is 12.9. The number of hydrogen-bond donors (Lipinski definition) is 0. The van der Waals surface area contributed by atoms with Crippen LogP contribution in [0.1, 0.15) is 41.5 Å². The summed E-state index contributed by atoms with van der Waals surface area (Å²) in [6, 6.07) is 8.95. The van der Waals surface area contributed by atoms with Crippen LogP contribution in [0.3, 0.4) is 0 Å². The molecule has 0 atom stereocenters. The van der Waals surface area contributed by atoms with Crippen LogP contribution in [-0.4, -0.2) is 12.5 Å². The monoisotopic (exact) mass is 433 g/mol. The van der Waals surface area contributed by atoms with Gasteiger partial charge in [0.2, 0.25) is 0 Å². The van der Waals surface area contributed by atoms with E-state index in [0.29, 0.717) is 16.6 Å². The van der Waals surface area contributed by atoms with Crippen molar-refractivity contribution in [3.63, 3.8) is 0 Å². The first-order valence-corrected chi connectivity index (χ1v) is 13.1. The van der Waals surface area contributed by atoms with Crippen LogP contribution in [0.25, 0.3) is 22.0 Å². The maximum atomic E-state index is 3.75. The summed E-state index contributed by atoms with van der Waals surface area (Å²) in [7, 11) is -1.77. The van der Waals surface area contributed by atoms with E-state index in [-0.39, 0.29) is 0 Å². The molecule has 0 amide bonds. The third kappa shape index (κ3) is 2.86. The van der Waals surface area contributed by atoms with Crippen LogP contribution in [0.5, 0.6) is 0 Å². The summed E-state index contributed by atoms with van der Waals surface area (Å²) in [5, 5.41) is 5.82. The molecule has 0 unspecified atom stereocenters. The SMILES string of the molecule is CC(C)[Si](C(C)C)(C(C)C)n1cc(-c2cscc2Br)c2ccccc21. The summed E-state index contributed by atoms with van der Waals surface area (Å²) in [4.78, 5) is 0. The van der Waals surface area contributed by atoms with Crippen LogP contribution >= 0.6 is 27.3 Å². The third-order valence-electron chi connectivity index (χ3n) is 5.81. The maximum Gasteiger partial charge on any atom is 0.169 e. The van der Waals surface area contributed by atoms with Crippen molar-refractivity contribution in [2.75, 3.05) is 0 Å². The quantitative estimate of drug-likeness (QED) is 0.357. The summed E-state index contributed by atoms with van der Waals surface area (Å²) in [6.45, 7) is 14.6. The molecule has 0 fully saturated rings. The summed E-state index contributed by atoms with van der Waals surface area (Å²) >= 11 is 5.51. The molecule has 134 valence electrons. The number of nitrogens with zero attached hydrogens (tertiary/aromatic N) is 1. The number of para-hydroxylation sites is 1. The Bertz CT molecular complexity index is 853. The molecule has 3 aromatic rings. The van der Waals surface area contributed by atoms with Crippen molar-refractivity contribution in [1.29, 1.82) is 0 Å². The lowest BCUT2D eigenvalue weighted by molar-refractivity contribution is 0.773. The Kier molecular flexibility index (Phi) is 5.34. The van der Waals surface area contributed by atoms with Crippen molar-refractivity contribution in [3.8, 4) is 11.1 Å². The zero-order valence-electron chi connectivity index (χ0n) is 16.0. The van der Waals surface area contributed by atoms with Gasteiger partial charge in [0.05, 0.1) is 0 Å². The molecular weight excluding hydrogens is 406 g/mol. The largest absolute Gasteiger partial charge is 0.373 e. The van der Waals surface area contributed by atoms with Crippen LogP contribution < -0.4 is 0 Å². The summed E-state index contributed by atoms with van der Waals surface area (Å²) in [5.41, 5.74) is 6.13. The molecule has 0 radical (unpaired) electrons. The lowest BCUT2D eigenvalue weighted by Gasteiger charge is -2.44. The first-order valence-electron chi connectivity index (χ1n) is 9.14. The maximum absolute atomic E-state index is 3.75. The molecule has 1 nitrogen and oxygen atoms in total. The number of thiophene rings is 1. The number of rotatable bonds is 5. The van der Waals surface area contributed by atoms with Gasteiger partial charge in [0.1, 0.15) is 0 Å². The van der Waals surface area contributed by atoms with Gasteiger partial charge in [0, 0.05) is 38.1 Å². The van der Waals surface area contributed by atoms with Crippen molar-refractivity contribution >= 4 is 46.4 Å². The second kappa shape index (κ2) is 7.05. The first kappa shape index (κ1) is 18.9. The Hall–Kier alpha value is -0.843. The Morgan fingerprint density at radius 1 is 0.880 bits per heavy atom. The van der Waals surface area contributed by atoms with E-state index in [9.17, 15) is 0 Å². The lowest BCUT2D eigenvalue weighted by Crippen LogP contribution is -2.51. The molecule has 2 heterocycles. The van der Waals surface area contributed by atoms with Gasteiger partial charge in [0.25, 0.3) is 0 Å². The molecule has 0 saturated carbocycles. The average molecular weight is 435 g/mol. The fourth-order valence-corrected chi connectivity index (χ4v) is 13.2. The molecule has 2 aromatic heterocycles. The van der Waals surface area contributed by atoms with E-state index in [1.165, 1.54) is 26.5 Å². The predicted octanol–water partition coefficient (Wildman–Crippen LogP) is 8.16. The predicted molar refractivity (Wildman–Crippen MR) is 119 cm³/mol. The van der Waals surface area contributed by atoms with Crippen LogP contribution in [0.4, 0.5) is 0 Å². The molecule has 4 heteroatoms. The van der Waals surface area contributed by atoms with Crippen LogP contribution in [0, 0.1) is 0 Å².